The molecule has 3 aromatic heterocycles. The number of H-pyrrole nitrogens is 1. The normalized spacial score (nSPS) is 12.6. The van der Waals surface area contributed by atoms with E-state index >= 15 is 0 Å². The molecule has 0 amide bonds. The van der Waals surface area contributed by atoms with Gasteiger partial charge in [0.2, 0.25) is 0 Å². The highest BCUT2D eigenvalue weighted by Crippen LogP contribution is 2.29. The van der Waals surface area contributed by atoms with Crippen LogP contribution < -0.4 is 0 Å². The molecule has 0 bridgehead atoms. The highest BCUT2D eigenvalue weighted by molar-refractivity contribution is 5.92. The van der Waals surface area contributed by atoms with Gasteiger partial charge < -0.3 is 4.98 Å². The van der Waals surface area contributed by atoms with Crippen LogP contribution in [0.25, 0.3) is 33.3 Å². The molecule has 0 saturated heterocycles. The maximum Gasteiger partial charge on any atom is 0.137 e. The Bertz CT molecular complexity index is 942. The highest BCUT2D eigenvalue weighted by Gasteiger charge is 2.09. The molecule has 5 rings (SSSR count). The van der Waals surface area contributed by atoms with Crippen molar-refractivity contribution >= 4 is 11.0 Å². The van der Waals surface area contributed by atoms with Crippen LogP contribution >= 0.6 is 0 Å². The van der Waals surface area contributed by atoms with Gasteiger partial charge in [-0.05, 0) is 42.2 Å². The summed E-state index contributed by atoms with van der Waals surface area (Å²) in [6.07, 6.45) is 8.86. The lowest BCUT2D eigenvalue weighted by atomic mass is 9.95. The van der Waals surface area contributed by atoms with Crippen LogP contribution in [0, 0.1) is 0 Å². The van der Waals surface area contributed by atoms with Crippen molar-refractivity contribution in [3.8, 4) is 22.3 Å². The summed E-state index contributed by atoms with van der Waals surface area (Å²) >= 11 is 0. The molecular weight excluding hydrogens is 296 g/mol. The molecule has 3 aromatic rings. The van der Waals surface area contributed by atoms with Crippen LogP contribution in [0.4, 0.5) is 0 Å². The molecule has 3 heterocycles. The van der Waals surface area contributed by atoms with Crippen molar-refractivity contribution in [2.24, 2.45) is 0 Å². The zero-order valence-electron chi connectivity index (χ0n) is 13.9. The molecule has 1 N–H and O–H groups in total. The average Bonchev–Trinajstić information content (AvgIpc) is 3.26. The van der Waals surface area contributed by atoms with E-state index in [1.807, 2.05) is 29.3 Å². The minimum Gasteiger partial charge on any atom is -0.346 e. The Morgan fingerprint density at radius 1 is 1.04 bits per heavy atom. The SMILES string of the molecule is CCC(C)n1cc(-c2ccnc3[nH]ccc23)cn1.c1cc2ccc1-2. The summed E-state index contributed by atoms with van der Waals surface area (Å²) < 4.78 is 2.02. The van der Waals surface area contributed by atoms with E-state index in [1.165, 1.54) is 16.7 Å². The second-order valence-electron chi connectivity index (χ2n) is 6.14. The van der Waals surface area contributed by atoms with Crippen molar-refractivity contribution in [2.45, 2.75) is 26.3 Å². The first-order chi connectivity index (χ1) is 11.8. The summed E-state index contributed by atoms with van der Waals surface area (Å²) in [5, 5.41) is 5.58. The minimum atomic E-state index is 0.433. The van der Waals surface area contributed by atoms with Gasteiger partial charge in [0.05, 0.1) is 6.20 Å². The fourth-order valence-electron chi connectivity index (χ4n) is 2.78. The first-order valence-corrected chi connectivity index (χ1v) is 8.33. The second kappa shape index (κ2) is 5.96. The third kappa shape index (κ3) is 2.50. The lowest BCUT2D eigenvalue weighted by molar-refractivity contribution is 0.478. The van der Waals surface area contributed by atoms with E-state index in [0.717, 1.165) is 23.0 Å². The molecule has 4 heteroatoms. The summed E-state index contributed by atoms with van der Waals surface area (Å²) in [5.74, 6) is 0. The van der Waals surface area contributed by atoms with E-state index in [0.29, 0.717) is 6.04 Å². The average molecular weight is 316 g/mol. The van der Waals surface area contributed by atoms with Gasteiger partial charge in [-0.25, -0.2) is 4.98 Å². The first kappa shape index (κ1) is 14.7. The molecule has 0 aliphatic heterocycles. The Kier molecular flexibility index (Phi) is 3.65. The van der Waals surface area contributed by atoms with Gasteiger partial charge in [0.1, 0.15) is 5.65 Å². The Balaban J connectivity index is 0.000000201. The van der Waals surface area contributed by atoms with Gasteiger partial charge in [-0.3, -0.25) is 4.68 Å². The Morgan fingerprint density at radius 2 is 1.79 bits per heavy atom. The third-order valence-corrected chi connectivity index (χ3v) is 4.63. The number of hydrogen-bond acceptors (Lipinski definition) is 2. The van der Waals surface area contributed by atoms with E-state index in [1.54, 1.807) is 0 Å². The van der Waals surface area contributed by atoms with Crippen molar-refractivity contribution in [1.29, 1.82) is 0 Å². The fourth-order valence-corrected chi connectivity index (χ4v) is 2.78. The maximum atomic E-state index is 4.44. The largest absolute Gasteiger partial charge is 0.346 e. The Labute approximate surface area is 141 Å². The lowest BCUT2D eigenvalue weighted by Gasteiger charge is -2.10. The maximum absolute atomic E-state index is 4.44. The van der Waals surface area contributed by atoms with Crippen molar-refractivity contribution in [1.82, 2.24) is 19.7 Å². The molecule has 0 spiro atoms. The van der Waals surface area contributed by atoms with E-state index in [-0.39, 0.29) is 0 Å². The van der Waals surface area contributed by atoms with Gasteiger partial charge in [0.15, 0.2) is 0 Å². The van der Waals surface area contributed by atoms with Crippen LogP contribution in [0.2, 0.25) is 0 Å². The van der Waals surface area contributed by atoms with Crippen LogP contribution in [0.3, 0.4) is 0 Å². The summed E-state index contributed by atoms with van der Waals surface area (Å²) in [6.45, 7) is 4.35. The van der Waals surface area contributed by atoms with Crippen LogP contribution in [0.5, 0.6) is 0 Å². The van der Waals surface area contributed by atoms with Crippen LogP contribution in [0.15, 0.2) is 61.2 Å². The smallest absolute Gasteiger partial charge is 0.137 e. The van der Waals surface area contributed by atoms with Gasteiger partial charge in [0.25, 0.3) is 0 Å². The zero-order valence-corrected chi connectivity index (χ0v) is 13.9. The van der Waals surface area contributed by atoms with Crippen molar-refractivity contribution < 1.29 is 0 Å². The van der Waals surface area contributed by atoms with Gasteiger partial charge in [0, 0.05) is 35.6 Å². The predicted molar refractivity (Wildman–Crippen MR) is 97.8 cm³/mol. The highest BCUT2D eigenvalue weighted by atomic mass is 15.3. The number of nitrogens with zero attached hydrogens (tertiary/aromatic N) is 3. The molecule has 120 valence electrons. The predicted octanol–water partition coefficient (Wildman–Crippen LogP) is 5.06. The van der Waals surface area contributed by atoms with Crippen LogP contribution in [0.1, 0.15) is 26.3 Å². The van der Waals surface area contributed by atoms with Crippen molar-refractivity contribution in [3.05, 3.63) is 61.2 Å². The molecule has 0 fully saturated rings. The first-order valence-electron chi connectivity index (χ1n) is 8.33. The molecule has 2 aliphatic rings. The number of rotatable bonds is 3. The number of aromatic amines is 1. The standard InChI is InChI=1S/C14H16N4.C6H4/c1-3-10(2)18-9-11(8-17-18)12-4-6-15-14-13(12)5-7-16-14;1-2-6-4-3-5(1)6/h4-10H,3H2,1-2H3,(H,15,16);1-4H. The van der Waals surface area contributed by atoms with Crippen LogP contribution in [-0.2, 0) is 0 Å². The summed E-state index contributed by atoms with van der Waals surface area (Å²) in [5.41, 5.74) is 6.09. The van der Waals surface area contributed by atoms with Gasteiger partial charge in [-0.2, -0.15) is 5.10 Å². The number of benzene rings is 1. The monoisotopic (exact) mass is 316 g/mol. The van der Waals surface area contributed by atoms with Gasteiger partial charge in [-0.15, -0.1) is 0 Å². The molecule has 24 heavy (non-hydrogen) atoms. The third-order valence-electron chi connectivity index (χ3n) is 4.63. The Hall–Kier alpha value is -2.88. The van der Waals surface area contributed by atoms with Crippen molar-refractivity contribution in [3.63, 3.8) is 0 Å². The molecule has 4 nitrogen and oxygen atoms in total. The van der Waals surface area contributed by atoms with E-state index in [2.05, 4.69) is 65.4 Å². The molecule has 0 radical (unpaired) electrons. The van der Waals surface area contributed by atoms with Crippen LogP contribution in [-0.4, -0.2) is 19.7 Å². The molecule has 1 unspecified atom stereocenters. The number of hydrogen-bond donors (Lipinski definition) is 1. The summed E-state index contributed by atoms with van der Waals surface area (Å²) in [7, 11) is 0. The number of aromatic nitrogens is 4. The zero-order chi connectivity index (χ0) is 16.5. The molecule has 0 saturated carbocycles. The number of nitrogens with one attached hydrogen (secondary N) is 1. The molecular formula is C20H20N4. The number of fused-ring (bicyclic) bond motifs is 2. The quantitative estimate of drug-likeness (QED) is 0.505. The topological polar surface area (TPSA) is 46.5 Å². The van der Waals surface area contributed by atoms with E-state index < -0.39 is 0 Å². The lowest BCUT2D eigenvalue weighted by Crippen LogP contribution is -2.03. The number of pyridine rings is 1. The summed E-state index contributed by atoms with van der Waals surface area (Å²) in [4.78, 5) is 7.43. The van der Waals surface area contributed by atoms with E-state index in [9.17, 15) is 0 Å². The molecule has 1 atom stereocenters. The molecule has 0 aromatic carbocycles. The summed E-state index contributed by atoms with van der Waals surface area (Å²) in [6, 6.07) is 13.0. The minimum absolute atomic E-state index is 0.433. The van der Waals surface area contributed by atoms with Gasteiger partial charge >= 0.3 is 0 Å². The second-order valence-corrected chi connectivity index (χ2v) is 6.14. The van der Waals surface area contributed by atoms with Crippen molar-refractivity contribution in [2.75, 3.05) is 0 Å². The Morgan fingerprint density at radius 3 is 2.42 bits per heavy atom. The fraction of sp³-hybridized carbons (Fsp3) is 0.200. The van der Waals surface area contributed by atoms with Gasteiger partial charge in [-0.1, -0.05) is 31.2 Å². The van der Waals surface area contributed by atoms with E-state index in [4.69, 9.17) is 0 Å². The molecule has 2 aliphatic carbocycles.